The first-order valence-corrected chi connectivity index (χ1v) is 7.48. The lowest BCUT2D eigenvalue weighted by Crippen LogP contribution is -2.51. The first kappa shape index (κ1) is 14.3. The smallest absolute Gasteiger partial charge is 0.367 e. The second-order valence-corrected chi connectivity index (χ2v) is 5.48. The summed E-state index contributed by atoms with van der Waals surface area (Å²) in [6.07, 6.45) is -0.381. The van der Waals surface area contributed by atoms with E-state index in [0.717, 1.165) is 16.8 Å². The second kappa shape index (κ2) is 5.38. The number of fused-ring (bicyclic) bond motifs is 3. The summed E-state index contributed by atoms with van der Waals surface area (Å²) in [6.45, 7) is 0. The van der Waals surface area contributed by atoms with Crippen molar-refractivity contribution in [1.29, 1.82) is 0 Å². The lowest BCUT2D eigenvalue weighted by Gasteiger charge is -2.21. The highest BCUT2D eigenvalue weighted by atomic mass is 16.5. The Hall–Kier alpha value is -3.35. The Morgan fingerprint density at radius 2 is 1.92 bits per heavy atom. The molecule has 0 bridgehead atoms. The third-order valence-electron chi connectivity index (χ3n) is 4.05. The van der Waals surface area contributed by atoms with Crippen molar-refractivity contribution in [3.8, 4) is 5.75 Å². The number of H-pyrrole nitrogens is 1. The molecule has 2 heterocycles. The minimum absolute atomic E-state index is 0.174. The van der Waals surface area contributed by atoms with Crippen molar-refractivity contribution in [3.05, 3.63) is 64.4 Å². The number of methoxy groups -OCH3 is 1. The highest BCUT2D eigenvalue weighted by Gasteiger charge is 2.30. The van der Waals surface area contributed by atoms with E-state index in [1.807, 2.05) is 47.0 Å². The third kappa shape index (κ3) is 2.18. The number of rotatable bonds is 2. The molecule has 0 aliphatic carbocycles. The summed E-state index contributed by atoms with van der Waals surface area (Å²) in [5.74, 6) is 1.52. The summed E-state index contributed by atoms with van der Waals surface area (Å²) in [5, 5.41) is 3.52. The molecule has 4 N–H and O–H groups in total. The molecule has 120 valence electrons. The number of aliphatic imine (C=N–C) groups is 1. The molecule has 0 unspecified atom stereocenters. The van der Waals surface area contributed by atoms with Gasteiger partial charge in [0.1, 0.15) is 11.3 Å². The fourth-order valence-electron chi connectivity index (χ4n) is 2.92. The van der Waals surface area contributed by atoms with Crippen LogP contribution in [0, 0.1) is 0 Å². The summed E-state index contributed by atoms with van der Waals surface area (Å²) in [5.41, 5.74) is 7.45. The van der Waals surface area contributed by atoms with Crippen LogP contribution in [0.1, 0.15) is 11.7 Å². The number of hydrogen-bond acceptors (Lipinski definition) is 5. The highest BCUT2D eigenvalue weighted by Crippen LogP contribution is 2.23. The molecule has 1 aliphatic heterocycles. The number of benzene rings is 2. The van der Waals surface area contributed by atoms with Crippen molar-refractivity contribution in [3.63, 3.8) is 0 Å². The van der Waals surface area contributed by atoms with Gasteiger partial charge in [-0.05, 0) is 36.4 Å². The van der Waals surface area contributed by atoms with E-state index in [9.17, 15) is 4.79 Å². The number of guanidine groups is 1. The van der Waals surface area contributed by atoms with Crippen LogP contribution in [0.25, 0.3) is 10.9 Å². The van der Waals surface area contributed by atoms with Gasteiger partial charge < -0.3 is 10.5 Å². The summed E-state index contributed by atoms with van der Waals surface area (Å²) in [4.78, 5) is 19.6. The van der Waals surface area contributed by atoms with E-state index in [2.05, 4.69) is 15.3 Å². The topological polar surface area (TPSA) is 96.4 Å². The maximum atomic E-state index is 12.3. The van der Waals surface area contributed by atoms with Gasteiger partial charge in [-0.1, -0.05) is 12.1 Å². The van der Waals surface area contributed by atoms with Crippen LogP contribution < -0.4 is 25.9 Å². The van der Waals surface area contributed by atoms with E-state index in [1.165, 1.54) is 0 Å². The molecule has 1 aliphatic rings. The molecule has 1 aromatic heterocycles. The zero-order valence-electron chi connectivity index (χ0n) is 13.0. The maximum Gasteiger partial charge on any atom is 0.367 e. The van der Waals surface area contributed by atoms with Crippen molar-refractivity contribution < 1.29 is 9.30 Å². The standard InChI is InChI=1S/C17H15N5O2/c1-24-11-8-6-10(7-9-11)14-19-16(18)21-17-20-15(23)12-4-2-3-5-13(12)22(14)17/h2-9,14H,1H3,(H3,18,19,20,21,23)/p+1/t14-/m1/s1. The second-order valence-electron chi connectivity index (χ2n) is 5.48. The number of anilines is 1. The Bertz CT molecular complexity index is 1010. The number of nitrogens with two attached hydrogens (primary N) is 1. The number of aromatic amines is 1. The molecule has 0 saturated carbocycles. The molecule has 0 amide bonds. The van der Waals surface area contributed by atoms with Crippen LogP contribution in [-0.2, 0) is 0 Å². The molecule has 0 radical (unpaired) electrons. The van der Waals surface area contributed by atoms with Crippen LogP contribution in [0.5, 0.6) is 5.75 Å². The van der Waals surface area contributed by atoms with Crippen molar-refractivity contribution in [1.82, 2.24) is 4.98 Å². The molecule has 3 aromatic rings. The molecule has 7 nitrogen and oxygen atoms in total. The van der Waals surface area contributed by atoms with Crippen LogP contribution in [0.15, 0.2) is 58.3 Å². The Kier molecular flexibility index (Phi) is 3.19. The summed E-state index contributed by atoms with van der Waals surface area (Å²) in [7, 11) is 1.62. The van der Waals surface area contributed by atoms with E-state index >= 15 is 0 Å². The van der Waals surface area contributed by atoms with Gasteiger partial charge in [-0.3, -0.25) is 4.79 Å². The number of para-hydroxylation sites is 1. The van der Waals surface area contributed by atoms with E-state index in [4.69, 9.17) is 10.5 Å². The van der Waals surface area contributed by atoms with Crippen molar-refractivity contribution in [2.45, 2.75) is 6.17 Å². The molecule has 0 saturated heterocycles. The fraction of sp³-hybridized carbons (Fsp3) is 0.118. The average molecular weight is 322 g/mol. The average Bonchev–Trinajstić information content (AvgIpc) is 2.61. The molecule has 4 rings (SSSR count). The van der Waals surface area contributed by atoms with Crippen LogP contribution in [0.3, 0.4) is 0 Å². The van der Waals surface area contributed by atoms with E-state index in [0.29, 0.717) is 11.3 Å². The van der Waals surface area contributed by atoms with Crippen LogP contribution in [0.4, 0.5) is 5.95 Å². The lowest BCUT2D eigenvalue weighted by molar-refractivity contribution is -0.677. The number of ether oxygens (including phenoxy) is 1. The third-order valence-corrected chi connectivity index (χ3v) is 4.05. The maximum absolute atomic E-state index is 12.3. The van der Waals surface area contributed by atoms with Gasteiger partial charge >= 0.3 is 11.5 Å². The molecule has 1 atom stereocenters. The molecular formula is C17H16N5O2+. The van der Waals surface area contributed by atoms with Gasteiger partial charge in [0, 0.05) is 5.56 Å². The van der Waals surface area contributed by atoms with Gasteiger partial charge in [0.25, 0.3) is 5.96 Å². The number of nitrogens with zero attached hydrogens (tertiary/aromatic N) is 2. The van der Waals surface area contributed by atoms with Gasteiger partial charge in [0.15, 0.2) is 0 Å². The number of nitrogens with one attached hydrogen (secondary N) is 2. The van der Waals surface area contributed by atoms with Gasteiger partial charge in [0.05, 0.1) is 12.5 Å². The van der Waals surface area contributed by atoms with Gasteiger partial charge in [-0.25, -0.2) is 14.9 Å². The summed E-state index contributed by atoms with van der Waals surface area (Å²) < 4.78 is 7.13. The van der Waals surface area contributed by atoms with E-state index in [1.54, 1.807) is 13.2 Å². The van der Waals surface area contributed by atoms with Gasteiger partial charge in [-0.2, -0.15) is 4.99 Å². The largest absolute Gasteiger partial charge is 0.497 e. The fourth-order valence-corrected chi connectivity index (χ4v) is 2.92. The minimum Gasteiger partial charge on any atom is -0.497 e. The highest BCUT2D eigenvalue weighted by molar-refractivity contribution is 5.91. The summed E-state index contributed by atoms with van der Waals surface area (Å²) in [6, 6.07) is 15.0. The molecule has 7 heteroatoms. The van der Waals surface area contributed by atoms with Crippen LogP contribution in [-0.4, -0.2) is 18.1 Å². The molecule has 2 aromatic carbocycles. The van der Waals surface area contributed by atoms with Crippen molar-refractivity contribution in [2.75, 3.05) is 12.4 Å². The minimum atomic E-state index is -0.381. The van der Waals surface area contributed by atoms with Crippen LogP contribution >= 0.6 is 0 Å². The normalized spacial score (nSPS) is 16.2. The summed E-state index contributed by atoms with van der Waals surface area (Å²) >= 11 is 0. The van der Waals surface area contributed by atoms with E-state index in [-0.39, 0.29) is 17.7 Å². The Morgan fingerprint density at radius 3 is 2.67 bits per heavy atom. The first-order chi connectivity index (χ1) is 11.7. The molecule has 0 spiro atoms. The predicted molar refractivity (Wildman–Crippen MR) is 91.1 cm³/mol. The molecular weight excluding hydrogens is 306 g/mol. The predicted octanol–water partition coefficient (Wildman–Crippen LogP) is 1.11. The van der Waals surface area contributed by atoms with Crippen molar-refractivity contribution >= 4 is 22.8 Å². The quantitative estimate of drug-likeness (QED) is 0.616. The zero-order valence-corrected chi connectivity index (χ0v) is 13.0. The Labute approximate surface area is 137 Å². The molecule has 0 fully saturated rings. The SMILES string of the molecule is COc1ccc([C@@H]2N=C(N)Nc3[nH]c(=O)c4ccccc4[n+]32)cc1. The first-order valence-electron chi connectivity index (χ1n) is 7.48. The van der Waals surface area contributed by atoms with Gasteiger partial charge in [0.2, 0.25) is 6.17 Å². The van der Waals surface area contributed by atoms with Crippen molar-refractivity contribution in [2.24, 2.45) is 10.7 Å². The monoisotopic (exact) mass is 322 g/mol. The zero-order chi connectivity index (χ0) is 16.7. The Morgan fingerprint density at radius 1 is 1.17 bits per heavy atom. The van der Waals surface area contributed by atoms with Gasteiger partial charge in [-0.15, -0.1) is 0 Å². The van der Waals surface area contributed by atoms with E-state index < -0.39 is 0 Å². The Balaban J connectivity index is 1.97. The van der Waals surface area contributed by atoms with Crippen LogP contribution in [0.2, 0.25) is 0 Å². The number of aromatic nitrogens is 2. The molecule has 24 heavy (non-hydrogen) atoms. The lowest BCUT2D eigenvalue weighted by atomic mass is 10.1. The number of hydrogen-bond donors (Lipinski definition) is 3.